The zero-order chi connectivity index (χ0) is 14.9. The predicted molar refractivity (Wildman–Crippen MR) is 89.7 cm³/mol. The van der Waals surface area contributed by atoms with Gasteiger partial charge in [0.25, 0.3) is 0 Å². The minimum absolute atomic E-state index is 0.491. The van der Waals surface area contributed by atoms with Gasteiger partial charge in [-0.3, -0.25) is 9.20 Å². The Balaban J connectivity index is 1.60. The van der Waals surface area contributed by atoms with E-state index in [0.717, 1.165) is 17.2 Å². The standard InChI is InChI=1S/C18H18N2OS/c21-12-16-10-20-11-17(22-18(20)19-16)15-8-6-14(7-9-15)13-4-2-1-3-5-13/h6-13H,1-5H2. The highest BCUT2D eigenvalue weighted by Crippen LogP contribution is 2.34. The van der Waals surface area contributed by atoms with Gasteiger partial charge in [-0.05, 0) is 29.9 Å². The molecule has 0 unspecified atom stereocenters. The lowest BCUT2D eigenvalue weighted by molar-refractivity contribution is 0.111. The lowest BCUT2D eigenvalue weighted by atomic mass is 9.84. The van der Waals surface area contributed by atoms with Crippen LogP contribution in [0.2, 0.25) is 0 Å². The summed E-state index contributed by atoms with van der Waals surface area (Å²) in [5, 5.41) is 0. The van der Waals surface area contributed by atoms with Gasteiger partial charge in [-0.1, -0.05) is 54.9 Å². The molecule has 0 bridgehead atoms. The Morgan fingerprint density at radius 2 is 1.86 bits per heavy atom. The number of thiazole rings is 1. The van der Waals surface area contributed by atoms with Gasteiger partial charge in [0, 0.05) is 12.4 Å². The van der Waals surface area contributed by atoms with E-state index in [1.165, 1.54) is 48.1 Å². The normalized spacial score (nSPS) is 16.2. The van der Waals surface area contributed by atoms with Gasteiger partial charge >= 0.3 is 0 Å². The van der Waals surface area contributed by atoms with Crippen molar-refractivity contribution < 1.29 is 4.79 Å². The highest BCUT2D eigenvalue weighted by Gasteiger charge is 2.15. The molecule has 2 heterocycles. The Morgan fingerprint density at radius 3 is 2.55 bits per heavy atom. The zero-order valence-electron chi connectivity index (χ0n) is 12.4. The van der Waals surface area contributed by atoms with Gasteiger partial charge in [0.15, 0.2) is 11.2 Å². The smallest absolute Gasteiger partial charge is 0.194 e. The van der Waals surface area contributed by atoms with Crippen LogP contribution in [0.15, 0.2) is 36.7 Å². The number of benzene rings is 1. The molecule has 0 atom stereocenters. The molecule has 112 valence electrons. The van der Waals surface area contributed by atoms with Crippen molar-refractivity contribution in [1.29, 1.82) is 0 Å². The topological polar surface area (TPSA) is 34.4 Å². The monoisotopic (exact) mass is 310 g/mol. The van der Waals surface area contributed by atoms with Crippen molar-refractivity contribution in [2.24, 2.45) is 0 Å². The number of fused-ring (bicyclic) bond motifs is 1. The molecule has 0 radical (unpaired) electrons. The van der Waals surface area contributed by atoms with E-state index in [0.29, 0.717) is 5.69 Å². The minimum atomic E-state index is 0.491. The number of rotatable bonds is 3. The van der Waals surface area contributed by atoms with E-state index in [2.05, 4.69) is 35.4 Å². The highest BCUT2D eigenvalue weighted by atomic mass is 32.1. The highest BCUT2D eigenvalue weighted by molar-refractivity contribution is 7.20. The molecule has 1 aromatic carbocycles. The Kier molecular flexibility index (Phi) is 3.54. The van der Waals surface area contributed by atoms with Crippen LogP contribution < -0.4 is 0 Å². The summed E-state index contributed by atoms with van der Waals surface area (Å²) in [7, 11) is 0. The van der Waals surface area contributed by atoms with Crippen LogP contribution in [0.5, 0.6) is 0 Å². The van der Waals surface area contributed by atoms with E-state index >= 15 is 0 Å². The number of carbonyl (C=O) groups is 1. The first-order valence-electron chi connectivity index (χ1n) is 7.87. The molecule has 1 aliphatic rings. The van der Waals surface area contributed by atoms with Gasteiger partial charge in [-0.25, -0.2) is 4.98 Å². The van der Waals surface area contributed by atoms with E-state index in [1.54, 1.807) is 17.5 Å². The predicted octanol–water partition coefficient (Wildman–Crippen LogP) is 4.92. The Hall–Kier alpha value is -1.94. The number of aldehydes is 1. The van der Waals surface area contributed by atoms with Gasteiger partial charge in [-0.15, -0.1) is 0 Å². The summed E-state index contributed by atoms with van der Waals surface area (Å²) in [6.07, 6.45) is 11.4. The molecule has 0 aliphatic heterocycles. The second-order valence-electron chi connectivity index (χ2n) is 6.03. The summed E-state index contributed by atoms with van der Waals surface area (Å²) < 4.78 is 1.93. The maximum atomic E-state index is 10.7. The van der Waals surface area contributed by atoms with E-state index in [4.69, 9.17) is 0 Å². The summed E-state index contributed by atoms with van der Waals surface area (Å²) in [6.45, 7) is 0. The molecule has 1 aliphatic carbocycles. The SMILES string of the molecule is O=Cc1cn2cc(-c3ccc(C4CCCCC4)cc3)sc2n1. The van der Waals surface area contributed by atoms with Crippen molar-refractivity contribution >= 4 is 22.6 Å². The van der Waals surface area contributed by atoms with E-state index in [-0.39, 0.29) is 0 Å². The largest absolute Gasteiger partial charge is 0.296 e. The maximum absolute atomic E-state index is 10.7. The van der Waals surface area contributed by atoms with Crippen LogP contribution in [0.4, 0.5) is 0 Å². The zero-order valence-corrected chi connectivity index (χ0v) is 13.2. The molecule has 3 nitrogen and oxygen atoms in total. The van der Waals surface area contributed by atoms with Crippen molar-refractivity contribution in [3.63, 3.8) is 0 Å². The summed E-state index contributed by atoms with van der Waals surface area (Å²) in [6, 6.07) is 9.00. The quantitative estimate of drug-likeness (QED) is 0.643. The van der Waals surface area contributed by atoms with Crippen LogP contribution in [-0.4, -0.2) is 15.7 Å². The van der Waals surface area contributed by atoms with Crippen molar-refractivity contribution in [1.82, 2.24) is 9.38 Å². The van der Waals surface area contributed by atoms with Crippen LogP contribution in [0, 0.1) is 0 Å². The first kappa shape index (κ1) is 13.7. The fourth-order valence-corrected chi connectivity index (χ4v) is 4.34. The van der Waals surface area contributed by atoms with Crippen LogP contribution >= 0.6 is 11.3 Å². The lowest BCUT2D eigenvalue weighted by Crippen LogP contribution is -2.04. The summed E-state index contributed by atoms with van der Waals surface area (Å²) in [4.78, 5) is 17.1. The molecule has 4 rings (SSSR count). The Morgan fingerprint density at radius 1 is 1.09 bits per heavy atom. The molecular weight excluding hydrogens is 292 g/mol. The van der Waals surface area contributed by atoms with Crippen LogP contribution in [0.1, 0.15) is 54.1 Å². The third-order valence-electron chi connectivity index (χ3n) is 4.57. The molecule has 0 amide bonds. The van der Waals surface area contributed by atoms with Gasteiger partial charge in [-0.2, -0.15) is 0 Å². The van der Waals surface area contributed by atoms with E-state index in [1.807, 2.05) is 4.40 Å². The van der Waals surface area contributed by atoms with E-state index in [9.17, 15) is 4.79 Å². The average Bonchev–Trinajstić information content (AvgIpc) is 3.14. The van der Waals surface area contributed by atoms with Crippen molar-refractivity contribution in [3.8, 4) is 10.4 Å². The van der Waals surface area contributed by atoms with Gasteiger partial charge < -0.3 is 0 Å². The van der Waals surface area contributed by atoms with Gasteiger partial charge in [0.2, 0.25) is 0 Å². The number of hydrogen-bond acceptors (Lipinski definition) is 3. The average molecular weight is 310 g/mol. The number of carbonyl (C=O) groups excluding carboxylic acids is 1. The second kappa shape index (κ2) is 5.69. The van der Waals surface area contributed by atoms with E-state index < -0.39 is 0 Å². The number of imidazole rings is 1. The van der Waals surface area contributed by atoms with Crippen molar-refractivity contribution in [2.75, 3.05) is 0 Å². The van der Waals surface area contributed by atoms with Crippen LogP contribution in [0.3, 0.4) is 0 Å². The molecule has 1 fully saturated rings. The molecule has 2 aromatic heterocycles. The molecule has 4 heteroatoms. The van der Waals surface area contributed by atoms with Gasteiger partial charge in [0.05, 0.1) is 4.88 Å². The fraction of sp³-hybridized carbons (Fsp3) is 0.333. The first-order valence-corrected chi connectivity index (χ1v) is 8.69. The lowest BCUT2D eigenvalue weighted by Gasteiger charge is -2.22. The van der Waals surface area contributed by atoms with Crippen LogP contribution in [0.25, 0.3) is 15.4 Å². The number of hydrogen-bond donors (Lipinski definition) is 0. The summed E-state index contributed by atoms with van der Waals surface area (Å²) >= 11 is 1.62. The summed E-state index contributed by atoms with van der Waals surface area (Å²) in [5.74, 6) is 0.749. The first-order chi connectivity index (χ1) is 10.8. The van der Waals surface area contributed by atoms with Crippen molar-refractivity contribution in [2.45, 2.75) is 38.0 Å². The fourth-order valence-electron chi connectivity index (χ4n) is 3.36. The molecule has 0 saturated heterocycles. The summed E-state index contributed by atoms with van der Waals surface area (Å²) in [5.41, 5.74) is 3.20. The molecule has 0 spiro atoms. The molecule has 1 saturated carbocycles. The molecule has 0 N–H and O–H groups in total. The molecule has 22 heavy (non-hydrogen) atoms. The number of nitrogens with zero attached hydrogens (tertiary/aromatic N) is 2. The molecule has 3 aromatic rings. The van der Waals surface area contributed by atoms with Crippen LogP contribution in [-0.2, 0) is 0 Å². The third kappa shape index (κ3) is 2.48. The Labute approximate surface area is 133 Å². The van der Waals surface area contributed by atoms with Crippen molar-refractivity contribution in [3.05, 3.63) is 47.9 Å². The minimum Gasteiger partial charge on any atom is -0.296 e. The molecular formula is C18H18N2OS. The Bertz CT molecular complexity index is 763. The van der Waals surface area contributed by atoms with Gasteiger partial charge in [0.1, 0.15) is 5.69 Å². The number of aromatic nitrogens is 2. The maximum Gasteiger partial charge on any atom is 0.194 e. The third-order valence-corrected chi connectivity index (χ3v) is 5.61. The second-order valence-corrected chi connectivity index (χ2v) is 7.03.